The van der Waals surface area contributed by atoms with E-state index in [4.69, 9.17) is 14.0 Å². The summed E-state index contributed by atoms with van der Waals surface area (Å²) in [5, 5.41) is 4.69. The molecule has 1 aromatic heterocycles. The lowest BCUT2D eigenvalue weighted by atomic mass is 10.2. The summed E-state index contributed by atoms with van der Waals surface area (Å²) in [5.74, 6) is 0.120. The van der Waals surface area contributed by atoms with Gasteiger partial charge in [0.1, 0.15) is 11.4 Å². The van der Waals surface area contributed by atoms with Crippen LogP contribution in [0.4, 0.5) is 5.69 Å². The van der Waals surface area contributed by atoms with Crippen molar-refractivity contribution in [1.82, 2.24) is 10.1 Å². The molecule has 2 heterocycles. The number of carbonyl (C=O) groups excluding carboxylic acids is 2. The summed E-state index contributed by atoms with van der Waals surface area (Å²) in [6.45, 7) is 2.33. The van der Waals surface area contributed by atoms with Crippen LogP contribution in [0.5, 0.6) is 5.75 Å². The highest BCUT2D eigenvalue weighted by Gasteiger charge is 2.22. The second-order valence-electron chi connectivity index (χ2n) is 7.03. The fourth-order valence-electron chi connectivity index (χ4n) is 3.49. The molecule has 0 saturated carbocycles. The number of rotatable bonds is 6. The Morgan fingerprint density at radius 2 is 1.77 bits per heavy atom. The molecular formula is C22H23N3O5. The minimum atomic E-state index is -0.501. The van der Waals surface area contributed by atoms with E-state index >= 15 is 0 Å². The van der Waals surface area contributed by atoms with Gasteiger partial charge in [0.2, 0.25) is 0 Å². The third kappa shape index (κ3) is 4.37. The van der Waals surface area contributed by atoms with Gasteiger partial charge in [0, 0.05) is 37.3 Å². The number of piperazine rings is 1. The first-order valence-electron chi connectivity index (χ1n) is 9.80. The Balaban J connectivity index is 1.24. The van der Waals surface area contributed by atoms with Crippen molar-refractivity contribution in [3.8, 4) is 5.75 Å². The molecule has 156 valence electrons. The molecule has 4 rings (SSSR count). The number of methoxy groups -OCH3 is 1. The Morgan fingerprint density at radius 1 is 1.03 bits per heavy atom. The summed E-state index contributed by atoms with van der Waals surface area (Å²) in [6, 6.07) is 15.2. The van der Waals surface area contributed by atoms with Gasteiger partial charge in [-0.2, -0.15) is 0 Å². The van der Waals surface area contributed by atoms with Gasteiger partial charge in [-0.15, -0.1) is 0 Å². The number of ether oxygens (including phenoxy) is 2. The van der Waals surface area contributed by atoms with Crippen molar-refractivity contribution in [1.29, 1.82) is 0 Å². The molecule has 0 aliphatic carbocycles. The number of hydrogen-bond acceptors (Lipinski definition) is 7. The van der Waals surface area contributed by atoms with Crippen LogP contribution in [0.25, 0.3) is 11.0 Å². The zero-order chi connectivity index (χ0) is 20.9. The Morgan fingerprint density at radius 3 is 2.50 bits per heavy atom. The summed E-state index contributed by atoms with van der Waals surface area (Å²) in [7, 11) is 1.64. The van der Waals surface area contributed by atoms with Crippen molar-refractivity contribution >= 4 is 28.5 Å². The highest BCUT2D eigenvalue weighted by molar-refractivity contribution is 5.85. The average Bonchev–Trinajstić information content (AvgIpc) is 3.20. The number of para-hydroxylation sites is 1. The van der Waals surface area contributed by atoms with Gasteiger partial charge in [-0.25, -0.2) is 0 Å². The monoisotopic (exact) mass is 409 g/mol. The van der Waals surface area contributed by atoms with Crippen molar-refractivity contribution in [2.75, 3.05) is 44.8 Å². The number of carbonyl (C=O) groups is 2. The molecule has 1 aliphatic heterocycles. The lowest BCUT2D eigenvalue weighted by Crippen LogP contribution is -2.49. The van der Waals surface area contributed by atoms with E-state index in [1.54, 1.807) is 18.1 Å². The smallest absolute Gasteiger partial charge is 0.312 e. The number of fused-ring (bicyclic) bond motifs is 1. The number of benzene rings is 2. The zero-order valence-corrected chi connectivity index (χ0v) is 16.7. The van der Waals surface area contributed by atoms with Crippen LogP contribution in [0.15, 0.2) is 53.1 Å². The third-order valence-corrected chi connectivity index (χ3v) is 5.19. The van der Waals surface area contributed by atoms with Gasteiger partial charge in [-0.1, -0.05) is 17.3 Å². The van der Waals surface area contributed by atoms with E-state index in [1.807, 2.05) is 42.5 Å². The Bertz CT molecular complexity index is 1020. The Hall–Kier alpha value is -3.55. The summed E-state index contributed by atoms with van der Waals surface area (Å²) >= 11 is 0. The predicted molar refractivity (Wildman–Crippen MR) is 110 cm³/mol. The minimum absolute atomic E-state index is 0.0322. The second-order valence-corrected chi connectivity index (χ2v) is 7.03. The summed E-state index contributed by atoms with van der Waals surface area (Å²) in [5.41, 5.74) is 2.22. The quantitative estimate of drug-likeness (QED) is 0.578. The van der Waals surface area contributed by atoms with Crippen LogP contribution in [0.3, 0.4) is 0 Å². The maximum atomic E-state index is 12.4. The first kappa shape index (κ1) is 19.8. The number of esters is 1. The van der Waals surface area contributed by atoms with Crippen molar-refractivity contribution in [3.05, 3.63) is 54.2 Å². The third-order valence-electron chi connectivity index (χ3n) is 5.19. The summed E-state index contributed by atoms with van der Waals surface area (Å²) in [4.78, 5) is 28.5. The van der Waals surface area contributed by atoms with E-state index in [2.05, 4.69) is 10.1 Å². The van der Waals surface area contributed by atoms with Gasteiger partial charge in [0.25, 0.3) is 5.91 Å². The lowest BCUT2D eigenvalue weighted by Gasteiger charge is -2.36. The van der Waals surface area contributed by atoms with E-state index in [9.17, 15) is 9.59 Å². The van der Waals surface area contributed by atoms with Gasteiger partial charge in [0.15, 0.2) is 12.2 Å². The Kier molecular flexibility index (Phi) is 5.83. The number of amides is 1. The molecule has 0 unspecified atom stereocenters. The van der Waals surface area contributed by atoms with Gasteiger partial charge in [-0.05, 0) is 36.4 Å². The molecular weight excluding hydrogens is 386 g/mol. The van der Waals surface area contributed by atoms with Crippen LogP contribution in [0.1, 0.15) is 5.69 Å². The van der Waals surface area contributed by atoms with E-state index in [0.29, 0.717) is 24.4 Å². The SMILES string of the molecule is COc1ccc(N2CCN(C(=O)COC(=O)Cc3noc4ccccc34)CC2)cc1. The van der Waals surface area contributed by atoms with Crippen molar-refractivity contribution in [2.24, 2.45) is 0 Å². The van der Waals surface area contributed by atoms with E-state index < -0.39 is 5.97 Å². The van der Waals surface area contributed by atoms with Gasteiger partial charge < -0.3 is 23.8 Å². The van der Waals surface area contributed by atoms with Crippen LogP contribution in [-0.4, -0.2) is 61.8 Å². The summed E-state index contributed by atoms with van der Waals surface area (Å²) in [6.07, 6.45) is -0.0322. The molecule has 8 nitrogen and oxygen atoms in total. The van der Waals surface area contributed by atoms with E-state index in [-0.39, 0.29) is 18.9 Å². The van der Waals surface area contributed by atoms with Crippen LogP contribution in [0, 0.1) is 0 Å². The molecule has 1 saturated heterocycles. The van der Waals surface area contributed by atoms with E-state index in [0.717, 1.165) is 29.9 Å². The minimum Gasteiger partial charge on any atom is -0.497 e. The molecule has 1 aliphatic rings. The molecule has 2 aromatic carbocycles. The molecule has 0 radical (unpaired) electrons. The topological polar surface area (TPSA) is 85.1 Å². The van der Waals surface area contributed by atoms with Crippen LogP contribution < -0.4 is 9.64 Å². The average molecular weight is 409 g/mol. The molecule has 1 fully saturated rings. The van der Waals surface area contributed by atoms with Crippen LogP contribution in [-0.2, 0) is 20.7 Å². The normalized spacial score (nSPS) is 14.0. The van der Waals surface area contributed by atoms with Crippen molar-refractivity contribution in [3.63, 3.8) is 0 Å². The van der Waals surface area contributed by atoms with Crippen LogP contribution >= 0.6 is 0 Å². The molecule has 30 heavy (non-hydrogen) atoms. The highest BCUT2D eigenvalue weighted by Crippen LogP contribution is 2.21. The highest BCUT2D eigenvalue weighted by atomic mass is 16.5. The van der Waals surface area contributed by atoms with Gasteiger partial charge in [0.05, 0.1) is 13.5 Å². The maximum absolute atomic E-state index is 12.4. The Labute approximate surface area is 173 Å². The number of hydrogen-bond donors (Lipinski definition) is 0. The number of aromatic nitrogens is 1. The first-order valence-corrected chi connectivity index (χ1v) is 9.80. The fourth-order valence-corrected chi connectivity index (χ4v) is 3.49. The number of anilines is 1. The molecule has 8 heteroatoms. The summed E-state index contributed by atoms with van der Waals surface area (Å²) < 4.78 is 15.5. The fraction of sp³-hybridized carbons (Fsp3) is 0.318. The van der Waals surface area contributed by atoms with Crippen molar-refractivity contribution in [2.45, 2.75) is 6.42 Å². The molecule has 3 aromatic rings. The van der Waals surface area contributed by atoms with E-state index in [1.165, 1.54) is 0 Å². The first-order chi connectivity index (χ1) is 14.6. The lowest BCUT2D eigenvalue weighted by molar-refractivity contribution is -0.151. The van der Waals surface area contributed by atoms with Gasteiger partial charge in [-0.3, -0.25) is 9.59 Å². The van der Waals surface area contributed by atoms with Gasteiger partial charge >= 0.3 is 5.97 Å². The van der Waals surface area contributed by atoms with Crippen LogP contribution in [0.2, 0.25) is 0 Å². The van der Waals surface area contributed by atoms with Crippen molar-refractivity contribution < 1.29 is 23.6 Å². The largest absolute Gasteiger partial charge is 0.497 e. The molecule has 0 bridgehead atoms. The molecule has 1 amide bonds. The molecule has 0 atom stereocenters. The standard InChI is InChI=1S/C22H23N3O5/c1-28-17-8-6-16(7-9-17)24-10-12-25(13-11-24)21(26)15-29-22(27)14-19-18-4-2-3-5-20(18)30-23-19/h2-9H,10-15H2,1H3. The molecule has 0 N–H and O–H groups in total. The zero-order valence-electron chi connectivity index (χ0n) is 16.7. The second kappa shape index (κ2) is 8.86. The number of nitrogens with zero attached hydrogens (tertiary/aromatic N) is 3. The molecule has 0 spiro atoms. The predicted octanol–water partition coefficient (Wildman–Crippen LogP) is 2.27. The maximum Gasteiger partial charge on any atom is 0.312 e.